The summed E-state index contributed by atoms with van der Waals surface area (Å²) in [5.74, 6) is 0.719. The molecule has 0 aliphatic carbocycles. The third-order valence-corrected chi connectivity index (χ3v) is 4.94. The molecule has 0 amide bonds. The van der Waals surface area contributed by atoms with Crippen molar-refractivity contribution in [2.24, 2.45) is 5.92 Å². The minimum Gasteiger partial charge on any atom is -0.368 e. The minimum absolute atomic E-state index is 0.625. The number of anilines is 1. The highest BCUT2D eigenvalue weighted by atomic mass is 28.3. The number of nitrogens with zero attached hydrogens (tertiary/aromatic N) is 1. The highest BCUT2D eigenvalue weighted by Gasteiger charge is 2.29. The summed E-state index contributed by atoms with van der Waals surface area (Å²) in [6.07, 6.45) is 3.77. The van der Waals surface area contributed by atoms with Gasteiger partial charge in [-0.25, -0.2) is 0 Å². The molecule has 1 heterocycles. The first kappa shape index (κ1) is 13.4. The van der Waals surface area contributed by atoms with Crippen LogP contribution in [0.5, 0.6) is 0 Å². The van der Waals surface area contributed by atoms with Gasteiger partial charge in [-0.05, 0) is 31.4 Å². The Bertz CT molecular complexity index is 405. The lowest BCUT2D eigenvalue weighted by Crippen LogP contribution is -2.29. The highest BCUT2D eigenvalue weighted by molar-refractivity contribution is 6.80. The number of hydrogen-bond acceptors (Lipinski definition) is 1. The molecule has 0 aromatic heterocycles. The van der Waals surface area contributed by atoms with Crippen LogP contribution in [-0.2, 0) is 0 Å². The second kappa shape index (κ2) is 5.31. The van der Waals surface area contributed by atoms with E-state index in [-0.39, 0.29) is 0 Å². The molecule has 0 N–H and O–H groups in total. The fourth-order valence-electron chi connectivity index (χ4n) is 2.62. The summed E-state index contributed by atoms with van der Waals surface area (Å²) in [7, 11) is -1.05. The predicted molar refractivity (Wildman–Crippen MR) is 83.8 cm³/mol. The highest BCUT2D eigenvalue weighted by Crippen LogP contribution is 2.30. The van der Waals surface area contributed by atoms with E-state index in [1.807, 2.05) is 0 Å². The van der Waals surface area contributed by atoms with E-state index in [0.29, 0.717) is 6.04 Å². The van der Waals surface area contributed by atoms with E-state index >= 15 is 0 Å². The average molecular weight is 259 g/mol. The molecule has 98 valence electrons. The first-order valence-corrected chi connectivity index (χ1v) is 10.6. The van der Waals surface area contributed by atoms with Gasteiger partial charge in [0.05, 0.1) is 8.07 Å². The summed E-state index contributed by atoms with van der Waals surface area (Å²) in [5, 5.41) is 0. The second-order valence-corrected chi connectivity index (χ2v) is 11.5. The van der Waals surface area contributed by atoms with Crippen molar-refractivity contribution in [3.05, 3.63) is 42.1 Å². The van der Waals surface area contributed by atoms with Crippen molar-refractivity contribution in [1.82, 2.24) is 0 Å². The maximum atomic E-state index is 2.54. The summed E-state index contributed by atoms with van der Waals surface area (Å²) in [5.41, 5.74) is 3.87. The third kappa shape index (κ3) is 3.26. The van der Waals surface area contributed by atoms with E-state index in [0.717, 1.165) is 5.92 Å². The molecule has 1 aliphatic rings. The Morgan fingerprint density at radius 3 is 2.44 bits per heavy atom. The topological polar surface area (TPSA) is 3.24 Å². The molecule has 1 saturated heterocycles. The van der Waals surface area contributed by atoms with Crippen molar-refractivity contribution < 1.29 is 0 Å². The number of rotatable bonds is 3. The molecule has 18 heavy (non-hydrogen) atoms. The molecular weight excluding hydrogens is 234 g/mol. The van der Waals surface area contributed by atoms with Gasteiger partial charge in [-0.3, -0.25) is 0 Å². The van der Waals surface area contributed by atoms with E-state index in [9.17, 15) is 0 Å². The zero-order valence-corrected chi connectivity index (χ0v) is 13.1. The smallest absolute Gasteiger partial charge is 0.0683 e. The third-order valence-electron chi connectivity index (χ3n) is 3.75. The molecule has 1 nitrogen and oxygen atoms in total. The molecule has 2 atom stereocenters. The van der Waals surface area contributed by atoms with Crippen molar-refractivity contribution in [2.75, 3.05) is 11.4 Å². The minimum atomic E-state index is -1.05. The van der Waals surface area contributed by atoms with Gasteiger partial charge in [0, 0.05) is 18.3 Å². The van der Waals surface area contributed by atoms with Crippen LogP contribution in [0.25, 0.3) is 0 Å². The van der Waals surface area contributed by atoms with Crippen molar-refractivity contribution >= 4 is 13.8 Å². The van der Waals surface area contributed by atoms with Gasteiger partial charge in [0.1, 0.15) is 0 Å². The van der Waals surface area contributed by atoms with Crippen LogP contribution in [0.2, 0.25) is 19.6 Å². The van der Waals surface area contributed by atoms with Crippen molar-refractivity contribution in [3.63, 3.8) is 0 Å². The number of para-hydroxylation sites is 1. The molecule has 1 fully saturated rings. The molecule has 1 aromatic carbocycles. The average Bonchev–Trinajstić information content (AvgIpc) is 2.68. The van der Waals surface area contributed by atoms with Crippen LogP contribution in [0.1, 0.15) is 13.3 Å². The molecule has 0 spiro atoms. The Morgan fingerprint density at radius 1 is 1.17 bits per heavy atom. The van der Waals surface area contributed by atoms with E-state index in [1.165, 1.54) is 18.7 Å². The van der Waals surface area contributed by atoms with Crippen molar-refractivity contribution in [3.8, 4) is 0 Å². The standard InChI is InChI=1S/C16H25NSi/c1-14-15(11-13-18(2,3)4)10-12-17(14)16-8-6-5-7-9-16/h5-9,11,13-15H,10,12H2,1-4H3/b13-11+/t14-,15-/m0/s1. The molecule has 2 heteroatoms. The summed E-state index contributed by atoms with van der Waals surface area (Å²) in [6.45, 7) is 10.7. The summed E-state index contributed by atoms with van der Waals surface area (Å²) in [6, 6.07) is 11.4. The zero-order valence-electron chi connectivity index (χ0n) is 12.1. The fraction of sp³-hybridized carbons (Fsp3) is 0.500. The van der Waals surface area contributed by atoms with Crippen LogP contribution in [-0.4, -0.2) is 20.7 Å². The summed E-state index contributed by atoms with van der Waals surface area (Å²) >= 11 is 0. The molecule has 0 saturated carbocycles. The Kier molecular flexibility index (Phi) is 3.96. The lowest BCUT2D eigenvalue weighted by atomic mass is 10.0. The molecule has 0 unspecified atom stereocenters. The number of benzene rings is 1. The monoisotopic (exact) mass is 259 g/mol. The maximum absolute atomic E-state index is 2.54. The lowest BCUT2D eigenvalue weighted by Gasteiger charge is -2.26. The predicted octanol–water partition coefficient (Wildman–Crippen LogP) is 4.34. The SMILES string of the molecule is C[C@H]1[C@H](/C=C/[Si](C)(C)C)CCN1c1ccccc1. The van der Waals surface area contributed by atoms with E-state index in [1.54, 1.807) is 0 Å². The Hall–Kier alpha value is -1.02. The lowest BCUT2D eigenvalue weighted by molar-refractivity contribution is 0.604. The second-order valence-electron chi connectivity index (χ2n) is 6.45. The van der Waals surface area contributed by atoms with E-state index < -0.39 is 8.07 Å². The van der Waals surface area contributed by atoms with E-state index in [4.69, 9.17) is 0 Å². The van der Waals surface area contributed by atoms with Crippen LogP contribution in [0.3, 0.4) is 0 Å². The van der Waals surface area contributed by atoms with Crippen LogP contribution in [0.15, 0.2) is 42.1 Å². The van der Waals surface area contributed by atoms with Crippen LogP contribution >= 0.6 is 0 Å². The Balaban J connectivity index is 2.06. The maximum Gasteiger partial charge on any atom is 0.0683 e. The van der Waals surface area contributed by atoms with Crippen LogP contribution in [0.4, 0.5) is 5.69 Å². The van der Waals surface area contributed by atoms with Gasteiger partial charge in [0.15, 0.2) is 0 Å². The largest absolute Gasteiger partial charge is 0.368 e. The normalized spacial score (nSPS) is 25.0. The molecule has 0 radical (unpaired) electrons. The quantitative estimate of drug-likeness (QED) is 0.730. The van der Waals surface area contributed by atoms with Crippen molar-refractivity contribution in [2.45, 2.75) is 39.0 Å². The van der Waals surface area contributed by atoms with Gasteiger partial charge < -0.3 is 4.90 Å². The molecule has 1 aliphatic heterocycles. The molecular formula is C16H25NSi. The molecule has 0 bridgehead atoms. The molecule has 2 rings (SSSR count). The summed E-state index contributed by atoms with van der Waals surface area (Å²) in [4.78, 5) is 2.54. The number of hydrogen-bond donors (Lipinski definition) is 0. The van der Waals surface area contributed by atoms with Gasteiger partial charge in [-0.1, -0.05) is 49.6 Å². The van der Waals surface area contributed by atoms with Gasteiger partial charge in [-0.15, -0.1) is 0 Å². The fourth-order valence-corrected chi connectivity index (χ4v) is 3.44. The van der Waals surface area contributed by atoms with Crippen LogP contribution < -0.4 is 4.90 Å². The van der Waals surface area contributed by atoms with Gasteiger partial charge in [-0.2, -0.15) is 0 Å². The molecule has 1 aromatic rings. The first-order chi connectivity index (χ1) is 8.47. The zero-order chi connectivity index (χ0) is 13.2. The Morgan fingerprint density at radius 2 is 1.83 bits per heavy atom. The van der Waals surface area contributed by atoms with Gasteiger partial charge in [0.25, 0.3) is 0 Å². The van der Waals surface area contributed by atoms with Gasteiger partial charge in [0.2, 0.25) is 0 Å². The van der Waals surface area contributed by atoms with Crippen LogP contribution in [0, 0.1) is 5.92 Å². The summed E-state index contributed by atoms with van der Waals surface area (Å²) < 4.78 is 0. The van der Waals surface area contributed by atoms with Gasteiger partial charge >= 0.3 is 0 Å². The Labute approximate surface area is 113 Å². The first-order valence-electron chi connectivity index (χ1n) is 6.98. The van der Waals surface area contributed by atoms with E-state index in [2.05, 4.69) is 73.6 Å². The van der Waals surface area contributed by atoms with Crippen molar-refractivity contribution in [1.29, 1.82) is 0 Å².